The fraction of sp³-hybridized carbons (Fsp3) is 0.417. The molecule has 0 unspecified atom stereocenters. The molecule has 1 heterocycles. The van der Waals surface area contributed by atoms with E-state index in [0.717, 1.165) is 26.2 Å². The average molecular weight is 221 g/mol. The molecule has 0 radical (unpaired) electrons. The molecular weight excluding hydrogens is 205 g/mol. The lowest BCUT2D eigenvalue weighted by Crippen LogP contribution is -2.41. The molecule has 0 amide bonds. The summed E-state index contributed by atoms with van der Waals surface area (Å²) in [6.07, 6.45) is 1.60. The maximum atomic E-state index is 13.3. The first-order chi connectivity index (χ1) is 7.75. The molecule has 0 N–H and O–H groups in total. The number of hydrazone groups is 1. The minimum atomic E-state index is -0.222. The second kappa shape index (κ2) is 5.07. The molecular formula is C12H16FN3. The third-order valence-corrected chi connectivity index (χ3v) is 2.75. The molecule has 0 aromatic heterocycles. The van der Waals surface area contributed by atoms with Crippen LogP contribution < -0.4 is 0 Å². The molecule has 0 saturated carbocycles. The Morgan fingerprint density at radius 3 is 2.56 bits per heavy atom. The molecule has 1 saturated heterocycles. The van der Waals surface area contributed by atoms with E-state index in [1.165, 1.54) is 6.07 Å². The second-order valence-corrected chi connectivity index (χ2v) is 4.02. The summed E-state index contributed by atoms with van der Waals surface area (Å²) in [6, 6.07) is 6.68. The fourth-order valence-electron chi connectivity index (χ4n) is 1.64. The van der Waals surface area contributed by atoms with E-state index in [9.17, 15) is 4.39 Å². The normalized spacial score (nSPS) is 18.2. The van der Waals surface area contributed by atoms with Gasteiger partial charge in [0.05, 0.1) is 6.21 Å². The first-order valence-corrected chi connectivity index (χ1v) is 5.48. The van der Waals surface area contributed by atoms with Gasteiger partial charge in [0, 0.05) is 31.7 Å². The summed E-state index contributed by atoms with van der Waals surface area (Å²) < 4.78 is 13.3. The number of piperazine rings is 1. The monoisotopic (exact) mass is 221 g/mol. The standard InChI is InChI=1S/C12H16FN3/c1-15-6-8-16(9-7-15)14-10-11-4-2-3-5-12(11)13/h2-5,10H,6-9H2,1H3/b14-10+. The van der Waals surface area contributed by atoms with Crippen LogP contribution in [0.1, 0.15) is 5.56 Å². The minimum absolute atomic E-state index is 0.222. The molecule has 86 valence electrons. The van der Waals surface area contributed by atoms with Crippen molar-refractivity contribution in [2.45, 2.75) is 0 Å². The number of benzene rings is 1. The molecule has 1 aliphatic heterocycles. The molecule has 1 fully saturated rings. The van der Waals surface area contributed by atoms with Crippen molar-refractivity contribution < 1.29 is 4.39 Å². The summed E-state index contributed by atoms with van der Waals surface area (Å²) in [7, 11) is 2.10. The van der Waals surface area contributed by atoms with E-state index >= 15 is 0 Å². The highest BCUT2D eigenvalue weighted by Crippen LogP contribution is 2.04. The molecule has 0 aliphatic carbocycles. The Labute approximate surface area is 95.2 Å². The number of halogens is 1. The largest absolute Gasteiger partial charge is 0.303 e. The van der Waals surface area contributed by atoms with Crippen molar-refractivity contribution in [2.24, 2.45) is 5.10 Å². The van der Waals surface area contributed by atoms with Gasteiger partial charge >= 0.3 is 0 Å². The van der Waals surface area contributed by atoms with Gasteiger partial charge in [0.25, 0.3) is 0 Å². The van der Waals surface area contributed by atoms with Crippen molar-refractivity contribution in [1.82, 2.24) is 9.91 Å². The van der Waals surface area contributed by atoms with Crippen molar-refractivity contribution in [3.05, 3.63) is 35.6 Å². The maximum Gasteiger partial charge on any atom is 0.132 e. The molecule has 1 aromatic carbocycles. The summed E-state index contributed by atoms with van der Waals surface area (Å²) >= 11 is 0. The van der Waals surface area contributed by atoms with Crippen molar-refractivity contribution in [2.75, 3.05) is 33.2 Å². The number of hydrogen-bond donors (Lipinski definition) is 0. The molecule has 16 heavy (non-hydrogen) atoms. The molecule has 4 heteroatoms. The van der Waals surface area contributed by atoms with Gasteiger partial charge in [-0.15, -0.1) is 0 Å². The van der Waals surface area contributed by atoms with E-state index in [2.05, 4.69) is 17.0 Å². The van der Waals surface area contributed by atoms with Crippen LogP contribution in [0.4, 0.5) is 4.39 Å². The van der Waals surface area contributed by atoms with Crippen LogP contribution in [0.25, 0.3) is 0 Å². The zero-order valence-corrected chi connectivity index (χ0v) is 9.43. The zero-order chi connectivity index (χ0) is 11.4. The predicted molar refractivity (Wildman–Crippen MR) is 63.1 cm³/mol. The van der Waals surface area contributed by atoms with Gasteiger partial charge in [-0.3, -0.25) is 5.01 Å². The van der Waals surface area contributed by atoms with Crippen LogP contribution in [0.3, 0.4) is 0 Å². The molecule has 0 spiro atoms. The lowest BCUT2D eigenvalue weighted by atomic mass is 10.2. The Kier molecular flexibility index (Phi) is 3.51. The molecule has 3 nitrogen and oxygen atoms in total. The van der Waals surface area contributed by atoms with Crippen LogP contribution in [0.5, 0.6) is 0 Å². The highest BCUT2D eigenvalue weighted by Gasteiger charge is 2.10. The quantitative estimate of drug-likeness (QED) is 0.703. The van der Waals surface area contributed by atoms with Crippen molar-refractivity contribution in [1.29, 1.82) is 0 Å². The van der Waals surface area contributed by atoms with Crippen LogP contribution >= 0.6 is 0 Å². The summed E-state index contributed by atoms with van der Waals surface area (Å²) in [6.45, 7) is 3.83. The Hall–Kier alpha value is -1.42. The van der Waals surface area contributed by atoms with Gasteiger partial charge in [0.2, 0.25) is 0 Å². The predicted octanol–water partition coefficient (Wildman–Crippen LogP) is 1.41. The Morgan fingerprint density at radius 2 is 1.88 bits per heavy atom. The SMILES string of the molecule is CN1CCN(/N=C/c2ccccc2F)CC1. The smallest absolute Gasteiger partial charge is 0.132 e. The first kappa shape index (κ1) is 11.1. The summed E-state index contributed by atoms with van der Waals surface area (Å²) in [5, 5.41) is 6.27. The highest BCUT2D eigenvalue weighted by molar-refractivity contribution is 5.79. The number of likely N-dealkylation sites (N-methyl/N-ethyl adjacent to an activating group) is 1. The number of nitrogens with zero attached hydrogens (tertiary/aromatic N) is 3. The number of rotatable bonds is 2. The zero-order valence-electron chi connectivity index (χ0n) is 9.43. The van der Waals surface area contributed by atoms with Crippen LogP contribution in [0.2, 0.25) is 0 Å². The van der Waals surface area contributed by atoms with Gasteiger partial charge in [0.15, 0.2) is 0 Å². The Bertz CT molecular complexity index is 370. The average Bonchev–Trinajstić information content (AvgIpc) is 2.30. The van der Waals surface area contributed by atoms with Crippen molar-refractivity contribution in [3.63, 3.8) is 0 Å². The van der Waals surface area contributed by atoms with E-state index in [1.54, 1.807) is 18.3 Å². The summed E-state index contributed by atoms with van der Waals surface area (Å²) in [5.74, 6) is -0.222. The highest BCUT2D eigenvalue weighted by atomic mass is 19.1. The van der Waals surface area contributed by atoms with E-state index in [-0.39, 0.29) is 5.82 Å². The van der Waals surface area contributed by atoms with Crippen LogP contribution in [-0.2, 0) is 0 Å². The van der Waals surface area contributed by atoms with E-state index < -0.39 is 0 Å². The first-order valence-electron chi connectivity index (χ1n) is 5.48. The summed E-state index contributed by atoms with van der Waals surface area (Å²) in [4.78, 5) is 2.26. The van der Waals surface area contributed by atoms with Crippen LogP contribution in [0.15, 0.2) is 29.4 Å². The Balaban J connectivity index is 1.97. The topological polar surface area (TPSA) is 18.8 Å². The molecule has 1 aromatic rings. The molecule has 0 bridgehead atoms. The van der Waals surface area contributed by atoms with Gasteiger partial charge in [0.1, 0.15) is 5.82 Å². The van der Waals surface area contributed by atoms with Gasteiger partial charge < -0.3 is 4.90 Å². The third-order valence-electron chi connectivity index (χ3n) is 2.75. The maximum absolute atomic E-state index is 13.3. The molecule has 0 atom stereocenters. The molecule has 1 aliphatic rings. The van der Waals surface area contributed by atoms with Gasteiger partial charge in [-0.1, -0.05) is 18.2 Å². The van der Waals surface area contributed by atoms with E-state index in [4.69, 9.17) is 0 Å². The van der Waals surface area contributed by atoms with Crippen molar-refractivity contribution in [3.8, 4) is 0 Å². The lowest BCUT2D eigenvalue weighted by Gasteiger charge is -2.30. The van der Waals surface area contributed by atoms with E-state index in [1.807, 2.05) is 11.1 Å². The number of hydrogen-bond acceptors (Lipinski definition) is 3. The van der Waals surface area contributed by atoms with Crippen LogP contribution in [0, 0.1) is 5.82 Å². The third kappa shape index (κ3) is 2.79. The van der Waals surface area contributed by atoms with E-state index in [0.29, 0.717) is 5.56 Å². The minimum Gasteiger partial charge on any atom is -0.303 e. The van der Waals surface area contributed by atoms with Gasteiger partial charge in [-0.2, -0.15) is 5.10 Å². The molecule has 2 rings (SSSR count). The van der Waals surface area contributed by atoms with Crippen molar-refractivity contribution >= 4 is 6.21 Å². The second-order valence-electron chi connectivity index (χ2n) is 4.02. The fourth-order valence-corrected chi connectivity index (χ4v) is 1.64. The summed E-state index contributed by atoms with van der Waals surface area (Å²) in [5.41, 5.74) is 0.543. The van der Waals surface area contributed by atoms with Gasteiger partial charge in [-0.25, -0.2) is 4.39 Å². The van der Waals surface area contributed by atoms with Crippen LogP contribution in [-0.4, -0.2) is 49.4 Å². The Morgan fingerprint density at radius 1 is 1.19 bits per heavy atom. The van der Waals surface area contributed by atoms with Gasteiger partial charge in [-0.05, 0) is 13.1 Å². The lowest BCUT2D eigenvalue weighted by molar-refractivity contribution is 0.159.